The second kappa shape index (κ2) is 8.39. The zero-order chi connectivity index (χ0) is 20.2. The molecule has 148 valence electrons. The average molecular weight is 388 g/mol. The highest BCUT2D eigenvalue weighted by Gasteiger charge is 2.27. The van der Waals surface area contributed by atoms with Crippen LogP contribution in [0.2, 0.25) is 0 Å². The Morgan fingerprint density at radius 3 is 2.93 bits per heavy atom. The van der Waals surface area contributed by atoms with Crippen LogP contribution in [0.15, 0.2) is 48.9 Å². The lowest BCUT2D eigenvalue weighted by Gasteiger charge is -2.14. The fourth-order valence-electron chi connectivity index (χ4n) is 3.55. The summed E-state index contributed by atoms with van der Waals surface area (Å²) < 4.78 is 6.21. The van der Waals surface area contributed by atoms with Gasteiger partial charge in [0, 0.05) is 37.0 Å². The molecule has 1 unspecified atom stereocenters. The minimum atomic E-state index is -0.0773. The van der Waals surface area contributed by atoms with Crippen molar-refractivity contribution in [3.8, 4) is 17.0 Å². The molecule has 0 aliphatic carbocycles. The Morgan fingerprint density at radius 1 is 1.21 bits per heavy atom. The summed E-state index contributed by atoms with van der Waals surface area (Å²) in [4.78, 5) is 25.4. The molecule has 1 aliphatic rings. The summed E-state index contributed by atoms with van der Waals surface area (Å²) in [7, 11) is 0. The minimum Gasteiger partial charge on any atom is -0.487 e. The first-order valence-corrected chi connectivity index (χ1v) is 9.85. The number of carbonyl (C=O) groups is 1. The van der Waals surface area contributed by atoms with Crippen LogP contribution in [0.4, 0.5) is 0 Å². The molecule has 0 spiro atoms. The van der Waals surface area contributed by atoms with Crippen molar-refractivity contribution in [2.45, 2.75) is 39.2 Å². The second-order valence-electron chi connectivity index (χ2n) is 7.35. The maximum Gasteiger partial charge on any atom is 0.220 e. The van der Waals surface area contributed by atoms with Gasteiger partial charge < -0.3 is 10.1 Å². The van der Waals surface area contributed by atoms with Crippen LogP contribution in [0.5, 0.6) is 5.75 Å². The zero-order valence-corrected chi connectivity index (χ0v) is 16.7. The quantitative estimate of drug-likeness (QED) is 0.702. The molecule has 0 saturated carbocycles. The van der Waals surface area contributed by atoms with Crippen molar-refractivity contribution in [1.82, 2.24) is 20.3 Å². The molecule has 1 aromatic carbocycles. The van der Waals surface area contributed by atoms with Crippen molar-refractivity contribution in [3.63, 3.8) is 0 Å². The minimum absolute atomic E-state index is 0.0222. The molecule has 1 N–H and O–H groups in total. The molecule has 6 nitrogen and oxygen atoms in total. The Hall–Kier alpha value is -3.28. The van der Waals surface area contributed by atoms with Crippen molar-refractivity contribution >= 4 is 5.91 Å². The number of hydrogen-bond acceptors (Lipinski definition) is 5. The normalized spacial score (nSPS) is 14.9. The predicted octanol–water partition coefficient (Wildman–Crippen LogP) is 3.21. The number of nitrogens with one attached hydrogen (secondary N) is 1. The smallest absolute Gasteiger partial charge is 0.220 e. The number of ether oxygens (including phenoxy) is 1. The maximum absolute atomic E-state index is 12.2. The van der Waals surface area contributed by atoms with Crippen molar-refractivity contribution in [2.24, 2.45) is 0 Å². The number of pyridine rings is 1. The van der Waals surface area contributed by atoms with Gasteiger partial charge in [-0.2, -0.15) is 0 Å². The van der Waals surface area contributed by atoms with Crippen LogP contribution in [0, 0.1) is 13.8 Å². The summed E-state index contributed by atoms with van der Waals surface area (Å²) in [5.74, 6) is 0.874. The van der Waals surface area contributed by atoms with Crippen molar-refractivity contribution in [1.29, 1.82) is 0 Å². The van der Waals surface area contributed by atoms with Crippen LogP contribution in [0.25, 0.3) is 11.3 Å². The molecular weight excluding hydrogens is 364 g/mol. The Bertz CT molecular complexity index is 1020. The number of hydrogen-bond donors (Lipinski definition) is 1. The van der Waals surface area contributed by atoms with Crippen molar-refractivity contribution in [3.05, 3.63) is 71.4 Å². The Labute approximate surface area is 170 Å². The summed E-state index contributed by atoms with van der Waals surface area (Å²) in [6.45, 7) is 4.37. The highest BCUT2D eigenvalue weighted by atomic mass is 16.5. The summed E-state index contributed by atoms with van der Waals surface area (Å²) in [6.07, 6.45) is 7.11. The van der Waals surface area contributed by atoms with Gasteiger partial charge >= 0.3 is 0 Å². The van der Waals surface area contributed by atoms with E-state index in [1.54, 1.807) is 18.6 Å². The third kappa shape index (κ3) is 4.42. The standard InChI is InChI=1S/C23H24N4O2/c1-15-12-25-16(2)22(27-15)20-7-3-6-18-11-19(29-23(18)20)14-26-21(28)9-8-17-5-4-10-24-13-17/h3-7,10,12-13,19H,8-9,11,14H2,1-2H3,(H,26,28). The van der Waals surface area contributed by atoms with Crippen LogP contribution in [-0.4, -0.2) is 33.5 Å². The lowest BCUT2D eigenvalue weighted by molar-refractivity contribution is -0.121. The molecule has 1 aliphatic heterocycles. The number of aromatic nitrogens is 3. The van der Waals surface area contributed by atoms with Gasteiger partial charge in [0.2, 0.25) is 5.91 Å². The molecule has 4 rings (SSSR count). The van der Waals surface area contributed by atoms with Gasteiger partial charge in [0.1, 0.15) is 11.9 Å². The summed E-state index contributed by atoms with van der Waals surface area (Å²) in [5, 5.41) is 3.00. The van der Waals surface area contributed by atoms with E-state index >= 15 is 0 Å². The van der Waals surface area contributed by atoms with Gasteiger partial charge in [-0.25, -0.2) is 4.98 Å². The molecule has 29 heavy (non-hydrogen) atoms. The van der Waals surface area contributed by atoms with Crippen LogP contribution in [-0.2, 0) is 17.6 Å². The number of carbonyl (C=O) groups excluding carboxylic acids is 1. The number of rotatable bonds is 6. The highest BCUT2D eigenvalue weighted by molar-refractivity contribution is 5.76. The predicted molar refractivity (Wildman–Crippen MR) is 111 cm³/mol. The Balaban J connectivity index is 1.38. The summed E-state index contributed by atoms with van der Waals surface area (Å²) >= 11 is 0. The van der Waals surface area contributed by atoms with Gasteiger partial charge in [0.05, 0.1) is 23.6 Å². The molecular formula is C23H24N4O2. The number of benzene rings is 1. The van der Waals surface area contributed by atoms with Crippen molar-refractivity contribution < 1.29 is 9.53 Å². The van der Waals surface area contributed by atoms with Gasteiger partial charge in [-0.1, -0.05) is 18.2 Å². The van der Waals surface area contributed by atoms with E-state index in [1.807, 2.05) is 38.1 Å². The van der Waals surface area contributed by atoms with E-state index in [-0.39, 0.29) is 12.0 Å². The molecule has 6 heteroatoms. The van der Waals surface area contributed by atoms with Gasteiger partial charge in [0.15, 0.2) is 0 Å². The first-order chi connectivity index (χ1) is 14.1. The largest absolute Gasteiger partial charge is 0.487 e. The number of nitrogens with zero attached hydrogens (tertiary/aromatic N) is 3. The van der Waals surface area contributed by atoms with Crippen molar-refractivity contribution in [2.75, 3.05) is 6.54 Å². The number of aryl methyl sites for hydroxylation is 3. The third-order valence-corrected chi connectivity index (χ3v) is 5.05. The van der Waals surface area contributed by atoms with E-state index in [0.717, 1.165) is 45.9 Å². The molecule has 1 atom stereocenters. The van der Waals surface area contributed by atoms with E-state index < -0.39 is 0 Å². The SMILES string of the molecule is Cc1cnc(C)c(-c2cccc3c2OC(CNC(=O)CCc2cccnc2)C3)n1. The maximum atomic E-state index is 12.2. The highest BCUT2D eigenvalue weighted by Crippen LogP contribution is 2.38. The Morgan fingerprint density at radius 2 is 2.10 bits per heavy atom. The topological polar surface area (TPSA) is 77.0 Å². The van der Waals surface area contributed by atoms with Crippen LogP contribution < -0.4 is 10.1 Å². The van der Waals surface area contributed by atoms with E-state index in [2.05, 4.69) is 26.3 Å². The number of fused-ring (bicyclic) bond motifs is 1. The lowest BCUT2D eigenvalue weighted by Crippen LogP contribution is -2.34. The van der Waals surface area contributed by atoms with Crippen LogP contribution in [0.3, 0.4) is 0 Å². The van der Waals surface area contributed by atoms with Crippen LogP contribution >= 0.6 is 0 Å². The van der Waals surface area contributed by atoms with Gasteiger partial charge in [-0.05, 0) is 43.5 Å². The first-order valence-electron chi connectivity index (χ1n) is 9.85. The fraction of sp³-hybridized carbons (Fsp3) is 0.304. The first kappa shape index (κ1) is 19.1. The molecule has 0 fully saturated rings. The van der Waals surface area contributed by atoms with Gasteiger partial charge in [0.25, 0.3) is 0 Å². The molecule has 0 saturated heterocycles. The monoisotopic (exact) mass is 388 g/mol. The van der Waals surface area contributed by atoms with E-state index in [1.165, 1.54) is 0 Å². The Kier molecular flexibility index (Phi) is 5.51. The molecule has 2 aromatic heterocycles. The van der Waals surface area contributed by atoms with E-state index in [4.69, 9.17) is 4.74 Å². The zero-order valence-electron chi connectivity index (χ0n) is 16.7. The molecule has 3 heterocycles. The van der Waals surface area contributed by atoms with Crippen LogP contribution in [0.1, 0.15) is 28.9 Å². The fourth-order valence-corrected chi connectivity index (χ4v) is 3.55. The van der Waals surface area contributed by atoms with Gasteiger partial charge in [-0.15, -0.1) is 0 Å². The lowest BCUT2D eigenvalue weighted by atomic mass is 10.0. The van der Waals surface area contributed by atoms with E-state index in [9.17, 15) is 4.79 Å². The molecule has 0 radical (unpaired) electrons. The van der Waals surface area contributed by atoms with E-state index in [0.29, 0.717) is 19.4 Å². The molecule has 3 aromatic rings. The molecule has 1 amide bonds. The summed E-state index contributed by atoms with van der Waals surface area (Å²) in [6, 6.07) is 9.98. The third-order valence-electron chi connectivity index (χ3n) is 5.05. The summed E-state index contributed by atoms with van der Waals surface area (Å²) in [5.41, 5.74) is 5.76. The number of para-hydroxylation sites is 1. The molecule has 0 bridgehead atoms. The van der Waals surface area contributed by atoms with Gasteiger partial charge in [-0.3, -0.25) is 14.8 Å². The average Bonchev–Trinajstić information content (AvgIpc) is 3.16. The number of amides is 1. The second-order valence-corrected chi connectivity index (χ2v) is 7.35.